The molecule has 2 heterocycles. The first-order chi connectivity index (χ1) is 15.1. The first kappa shape index (κ1) is 23.5. The smallest absolute Gasteiger partial charge is 0.337 e. The minimum atomic E-state index is -4.00. The Bertz CT molecular complexity index is 1130. The summed E-state index contributed by atoms with van der Waals surface area (Å²) in [6, 6.07) is 6.22. The van der Waals surface area contributed by atoms with Crippen LogP contribution in [0.1, 0.15) is 41.3 Å². The molecule has 32 heavy (non-hydrogen) atoms. The lowest BCUT2D eigenvalue weighted by Gasteiger charge is -2.33. The summed E-state index contributed by atoms with van der Waals surface area (Å²) in [6.07, 6.45) is 2.53. The number of aryl methyl sites for hydroxylation is 2. The molecule has 1 aromatic heterocycles. The fourth-order valence-corrected chi connectivity index (χ4v) is 5.10. The van der Waals surface area contributed by atoms with Crippen LogP contribution in [0.15, 0.2) is 35.4 Å². The van der Waals surface area contributed by atoms with Crippen molar-refractivity contribution in [3.05, 3.63) is 47.2 Å². The Balaban J connectivity index is 1.98. The summed E-state index contributed by atoms with van der Waals surface area (Å²) in [4.78, 5) is 29.8. The molecule has 172 valence electrons. The van der Waals surface area contributed by atoms with E-state index in [2.05, 4.69) is 9.71 Å². The standard InChI is InChI=1S/C22H27N3O6S/c1-4-31-22(28)16-6-5-9-25(13-16)20-18(11-17(12-23-20)21(26)27)24-32(29,30)19-8-7-14(2)10-15(19)3/h7-8,10-12,16,24H,4-6,9,13H2,1-3H3,(H,26,27)/t16-/m1/s1. The van der Waals surface area contributed by atoms with Gasteiger partial charge in [0.05, 0.1) is 28.7 Å². The predicted molar refractivity (Wildman–Crippen MR) is 119 cm³/mol. The second kappa shape index (κ2) is 9.56. The Kier molecular flexibility index (Phi) is 7.02. The van der Waals surface area contributed by atoms with Gasteiger partial charge in [-0.3, -0.25) is 9.52 Å². The van der Waals surface area contributed by atoms with E-state index in [1.165, 1.54) is 18.3 Å². The minimum Gasteiger partial charge on any atom is -0.478 e. The zero-order valence-electron chi connectivity index (χ0n) is 18.3. The number of aromatic carboxylic acids is 1. The van der Waals surface area contributed by atoms with Crippen LogP contribution in [0.2, 0.25) is 0 Å². The van der Waals surface area contributed by atoms with Gasteiger partial charge in [-0.2, -0.15) is 0 Å². The maximum atomic E-state index is 13.1. The topological polar surface area (TPSA) is 126 Å². The molecule has 2 N–H and O–H groups in total. The van der Waals surface area contributed by atoms with Crippen LogP contribution < -0.4 is 9.62 Å². The quantitative estimate of drug-likeness (QED) is 0.603. The summed E-state index contributed by atoms with van der Waals surface area (Å²) >= 11 is 0. The lowest BCUT2D eigenvalue weighted by Crippen LogP contribution is -2.40. The molecule has 0 spiro atoms. The Morgan fingerprint density at radius 3 is 2.69 bits per heavy atom. The number of hydrogen-bond donors (Lipinski definition) is 2. The average molecular weight is 462 g/mol. The van der Waals surface area contributed by atoms with Crippen LogP contribution in [0.25, 0.3) is 0 Å². The van der Waals surface area contributed by atoms with Crippen molar-refractivity contribution in [2.45, 2.75) is 38.5 Å². The predicted octanol–water partition coefficient (Wildman–Crippen LogP) is 2.98. The largest absolute Gasteiger partial charge is 0.478 e. The summed E-state index contributed by atoms with van der Waals surface area (Å²) in [5, 5.41) is 9.38. The minimum absolute atomic E-state index is 0.0504. The third-order valence-electron chi connectivity index (χ3n) is 5.32. The molecular weight excluding hydrogens is 434 g/mol. The van der Waals surface area contributed by atoms with Gasteiger partial charge in [0.25, 0.3) is 10.0 Å². The number of anilines is 2. The SMILES string of the molecule is CCOC(=O)[C@@H]1CCCN(c2ncc(C(=O)O)cc2NS(=O)(=O)c2ccc(C)cc2C)C1. The lowest BCUT2D eigenvalue weighted by molar-refractivity contribution is -0.148. The van der Waals surface area contributed by atoms with Gasteiger partial charge in [0.1, 0.15) is 0 Å². The van der Waals surface area contributed by atoms with E-state index in [0.29, 0.717) is 31.5 Å². The highest BCUT2D eigenvalue weighted by Gasteiger charge is 2.30. The summed E-state index contributed by atoms with van der Waals surface area (Å²) in [7, 11) is -4.00. The highest BCUT2D eigenvalue weighted by atomic mass is 32.2. The molecular formula is C22H27N3O6S. The van der Waals surface area contributed by atoms with E-state index in [-0.39, 0.29) is 40.5 Å². The van der Waals surface area contributed by atoms with Crippen LogP contribution >= 0.6 is 0 Å². The number of hydrogen-bond acceptors (Lipinski definition) is 7. The second-order valence-electron chi connectivity index (χ2n) is 7.81. The van der Waals surface area contributed by atoms with Crippen LogP contribution in [-0.2, 0) is 19.6 Å². The zero-order valence-corrected chi connectivity index (χ0v) is 19.1. The molecule has 3 rings (SSSR count). The summed E-state index contributed by atoms with van der Waals surface area (Å²) in [5.41, 5.74) is 1.40. The Labute approximate surface area is 187 Å². The number of carboxylic acids is 1. The van der Waals surface area contributed by atoms with Crippen molar-refractivity contribution in [1.29, 1.82) is 0 Å². The van der Waals surface area contributed by atoms with Gasteiger partial charge in [0.15, 0.2) is 5.82 Å². The molecule has 1 aliphatic rings. The van der Waals surface area contributed by atoms with Crippen LogP contribution in [0.4, 0.5) is 11.5 Å². The molecule has 1 aromatic carbocycles. The maximum absolute atomic E-state index is 13.1. The van der Waals surface area contributed by atoms with Crippen LogP contribution in [0, 0.1) is 19.8 Å². The van der Waals surface area contributed by atoms with Crippen molar-refractivity contribution >= 4 is 33.5 Å². The molecule has 1 fully saturated rings. The number of nitrogens with one attached hydrogen (secondary N) is 1. The van der Waals surface area contributed by atoms with Crippen LogP contribution in [-0.4, -0.2) is 50.1 Å². The van der Waals surface area contributed by atoms with Crippen molar-refractivity contribution in [3.8, 4) is 0 Å². The summed E-state index contributed by atoms with van der Waals surface area (Å²) < 4.78 is 33.9. The van der Waals surface area contributed by atoms with Gasteiger partial charge in [-0.15, -0.1) is 0 Å². The number of carbonyl (C=O) groups excluding carboxylic acids is 1. The van der Waals surface area contributed by atoms with Crippen molar-refractivity contribution < 1.29 is 27.9 Å². The third kappa shape index (κ3) is 5.18. The highest BCUT2D eigenvalue weighted by Crippen LogP contribution is 2.31. The lowest BCUT2D eigenvalue weighted by atomic mass is 9.98. The van der Waals surface area contributed by atoms with Gasteiger partial charge in [-0.25, -0.2) is 18.2 Å². The number of rotatable bonds is 7. The number of benzene rings is 1. The van der Waals surface area contributed by atoms with Gasteiger partial charge in [0, 0.05) is 19.3 Å². The van der Waals surface area contributed by atoms with Gasteiger partial charge in [0.2, 0.25) is 0 Å². The molecule has 2 aromatic rings. The number of aromatic nitrogens is 1. The van der Waals surface area contributed by atoms with E-state index in [1.54, 1.807) is 30.9 Å². The molecule has 0 unspecified atom stereocenters. The summed E-state index contributed by atoms with van der Waals surface area (Å²) in [6.45, 7) is 6.44. The number of esters is 1. The molecule has 0 aliphatic carbocycles. The van der Waals surface area contributed by atoms with Gasteiger partial charge < -0.3 is 14.7 Å². The number of carboxylic acid groups (broad SMARTS) is 1. The first-order valence-corrected chi connectivity index (χ1v) is 11.9. The molecule has 1 aliphatic heterocycles. The molecule has 0 amide bonds. The van der Waals surface area contributed by atoms with E-state index in [4.69, 9.17) is 4.74 Å². The van der Waals surface area contributed by atoms with E-state index < -0.39 is 16.0 Å². The number of carbonyl (C=O) groups is 2. The fraction of sp³-hybridized carbons (Fsp3) is 0.409. The average Bonchev–Trinajstić information content (AvgIpc) is 2.73. The van der Waals surface area contributed by atoms with E-state index in [9.17, 15) is 23.1 Å². The van der Waals surface area contributed by atoms with Crippen molar-refractivity contribution in [2.24, 2.45) is 5.92 Å². The maximum Gasteiger partial charge on any atom is 0.337 e. The monoisotopic (exact) mass is 461 g/mol. The van der Waals surface area contributed by atoms with Gasteiger partial charge >= 0.3 is 11.9 Å². The Morgan fingerprint density at radius 2 is 2.03 bits per heavy atom. The first-order valence-electron chi connectivity index (χ1n) is 10.4. The molecule has 0 radical (unpaired) electrons. The van der Waals surface area contributed by atoms with Gasteiger partial charge in [-0.05, 0) is 51.3 Å². The van der Waals surface area contributed by atoms with Crippen LogP contribution in [0.3, 0.4) is 0 Å². The van der Waals surface area contributed by atoms with Crippen LogP contribution in [0.5, 0.6) is 0 Å². The van der Waals surface area contributed by atoms with E-state index >= 15 is 0 Å². The number of sulfonamides is 1. The molecule has 1 saturated heterocycles. The van der Waals surface area contributed by atoms with Gasteiger partial charge in [-0.1, -0.05) is 17.7 Å². The normalized spacial score (nSPS) is 16.5. The van der Waals surface area contributed by atoms with E-state index in [1.807, 2.05) is 6.92 Å². The van der Waals surface area contributed by atoms with Crippen molar-refractivity contribution in [2.75, 3.05) is 29.3 Å². The molecule has 10 heteroatoms. The molecule has 1 atom stereocenters. The van der Waals surface area contributed by atoms with E-state index in [0.717, 1.165) is 5.56 Å². The Hall–Kier alpha value is -3.14. The van der Waals surface area contributed by atoms with Crippen molar-refractivity contribution in [1.82, 2.24) is 4.98 Å². The fourth-order valence-electron chi connectivity index (χ4n) is 3.82. The zero-order chi connectivity index (χ0) is 23.5. The molecule has 0 bridgehead atoms. The highest BCUT2D eigenvalue weighted by molar-refractivity contribution is 7.92. The summed E-state index contributed by atoms with van der Waals surface area (Å²) in [5.74, 6) is -1.62. The number of nitrogens with zero attached hydrogens (tertiary/aromatic N) is 2. The number of piperidine rings is 1. The molecule has 0 saturated carbocycles. The molecule has 9 nitrogen and oxygen atoms in total. The second-order valence-corrected chi connectivity index (χ2v) is 9.46. The number of ether oxygens (including phenoxy) is 1. The Morgan fingerprint density at radius 1 is 1.28 bits per heavy atom. The third-order valence-corrected chi connectivity index (χ3v) is 6.84. The van der Waals surface area contributed by atoms with Crippen molar-refractivity contribution in [3.63, 3.8) is 0 Å². The number of pyridine rings is 1.